The van der Waals surface area contributed by atoms with Gasteiger partial charge >= 0.3 is 5.97 Å². The fraction of sp³-hybridized carbons (Fsp3) is 0.240. The Morgan fingerprint density at radius 1 is 0.643 bits per heavy atom. The molecule has 0 aliphatic rings. The SMILES string of the molecule is CC.O=C(O)c1ccc(CCc2ccc(CCc3ccc(F)cc3)cc2)cc1. The van der Waals surface area contributed by atoms with Crippen molar-refractivity contribution in [1.29, 1.82) is 0 Å². The molecule has 0 saturated heterocycles. The number of aromatic carboxylic acids is 1. The first-order chi connectivity index (χ1) is 13.6. The third-order valence-electron chi connectivity index (χ3n) is 4.54. The molecule has 3 rings (SSSR count). The zero-order chi connectivity index (χ0) is 20.4. The Hall–Kier alpha value is -2.94. The second-order valence-corrected chi connectivity index (χ2v) is 6.45. The van der Waals surface area contributed by atoms with Gasteiger partial charge in [0.2, 0.25) is 0 Å². The molecule has 0 unspecified atom stereocenters. The van der Waals surface area contributed by atoms with E-state index < -0.39 is 5.97 Å². The summed E-state index contributed by atoms with van der Waals surface area (Å²) in [7, 11) is 0. The van der Waals surface area contributed by atoms with Crippen LogP contribution in [0.25, 0.3) is 0 Å². The molecule has 0 fully saturated rings. The van der Waals surface area contributed by atoms with Crippen molar-refractivity contribution in [2.24, 2.45) is 0 Å². The molecule has 0 spiro atoms. The van der Waals surface area contributed by atoms with Crippen LogP contribution in [0, 0.1) is 5.82 Å². The molecule has 0 amide bonds. The average molecular weight is 378 g/mol. The van der Waals surface area contributed by atoms with Crippen molar-refractivity contribution in [3.8, 4) is 0 Å². The van der Waals surface area contributed by atoms with Gasteiger partial charge in [-0.05, 0) is 72.2 Å². The molecule has 1 N–H and O–H groups in total. The maximum Gasteiger partial charge on any atom is 0.335 e. The lowest BCUT2D eigenvalue weighted by molar-refractivity contribution is 0.0697. The minimum absolute atomic E-state index is 0.198. The highest BCUT2D eigenvalue weighted by Gasteiger charge is 2.03. The van der Waals surface area contributed by atoms with Gasteiger partial charge in [0.1, 0.15) is 5.82 Å². The van der Waals surface area contributed by atoms with Crippen LogP contribution in [0.5, 0.6) is 0 Å². The van der Waals surface area contributed by atoms with Crippen molar-refractivity contribution in [1.82, 2.24) is 0 Å². The van der Waals surface area contributed by atoms with Crippen LogP contribution in [0.2, 0.25) is 0 Å². The summed E-state index contributed by atoms with van der Waals surface area (Å²) in [4.78, 5) is 10.9. The Bertz CT molecular complexity index is 851. The molecule has 28 heavy (non-hydrogen) atoms. The van der Waals surface area contributed by atoms with Gasteiger partial charge in [0, 0.05) is 0 Å². The second-order valence-electron chi connectivity index (χ2n) is 6.45. The van der Waals surface area contributed by atoms with E-state index in [0.29, 0.717) is 5.56 Å². The molecular formula is C25H27FO2. The second kappa shape index (κ2) is 11.0. The lowest BCUT2D eigenvalue weighted by Gasteiger charge is -2.06. The van der Waals surface area contributed by atoms with Gasteiger partial charge in [-0.25, -0.2) is 9.18 Å². The molecule has 0 aliphatic heterocycles. The van der Waals surface area contributed by atoms with Gasteiger partial charge < -0.3 is 5.11 Å². The quantitative estimate of drug-likeness (QED) is 0.538. The summed E-state index contributed by atoms with van der Waals surface area (Å²) >= 11 is 0. The van der Waals surface area contributed by atoms with Crippen molar-refractivity contribution < 1.29 is 14.3 Å². The topological polar surface area (TPSA) is 37.3 Å². The summed E-state index contributed by atoms with van der Waals surface area (Å²) in [5.74, 6) is -1.09. The summed E-state index contributed by atoms with van der Waals surface area (Å²) < 4.78 is 12.9. The fourth-order valence-corrected chi connectivity index (χ4v) is 2.92. The van der Waals surface area contributed by atoms with Crippen molar-refractivity contribution in [3.05, 3.63) is 106 Å². The van der Waals surface area contributed by atoms with Gasteiger partial charge in [0.15, 0.2) is 0 Å². The Kier molecular flexibility index (Phi) is 8.41. The molecule has 3 aromatic rings. The van der Waals surface area contributed by atoms with Gasteiger partial charge in [0.05, 0.1) is 5.56 Å². The van der Waals surface area contributed by atoms with E-state index in [-0.39, 0.29) is 5.82 Å². The number of carboxylic acid groups (broad SMARTS) is 1. The van der Waals surface area contributed by atoms with E-state index >= 15 is 0 Å². The summed E-state index contributed by atoms with van der Waals surface area (Å²) in [6, 6.07) is 22.3. The zero-order valence-corrected chi connectivity index (χ0v) is 16.5. The normalized spacial score (nSPS) is 10.1. The molecule has 0 heterocycles. The highest BCUT2D eigenvalue weighted by Crippen LogP contribution is 2.13. The number of aryl methyl sites for hydroxylation is 4. The summed E-state index contributed by atoms with van der Waals surface area (Å²) in [5.41, 5.74) is 5.12. The van der Waals surface area contributed by atoms with Crippen LogP contribution in [-0.4, -0.2) is 11.1 Å². The van der Waals surface area contributed by atoms with Crippen molar-refractivity contribution in [2.75, 3.05) is 0 Å². The summed E-state index contributed by atoms with van der Waals surface area (Å²) in [5, 5.41) is 8.92. The largest absolute Gasteiger partial charge is 0.478 e. The predicted octanol–water partition coefficient (Wildman–Crippen LogP) is 6.12. The number of halogens is 1. The first kappa shape index (κ1) is 21.4. The van der Waals surface area contributed by atoms with Crippen LogP contribution < -0.4 is 0 Å². The van der Waals surface area contributed by atoms with Crippen LogP contribution >= 0.6 is 0 Å². The molecule has 2 nitrogen and oxygen atoms in total. The number of rotatable bonds is 7. The lowest BCUT2D eigenvalue weighted by Crippen LogP contribution is -1.97. The summed E-state index contributed by atoms with van der Waals surface area (Å²) in [6.07, 6.45) is 3.64. The van der Waals surface area contributed by atoms with Gasteiger partial charge in [-0.3, -0.25) is 0 Å². The molecule has 3 heteroatoms. The van der Waals surface area contributed by atoms with E-state index in [4.69, 9.17) is 5.11 Å². The summed E-state index contributed by atoms with van der Waals surface area (Å²) in [6.45, 7) is 4.00. The Labute approximate surface area is 166 Å². The molecule has 146 valence electrons. The monoisotopic (exact) mass is 378 g/mol. The predicted molar refractivity (Wildman–Crippen MR) is 112 cm³/mol. The van der Waals surface area contributed by atoms with Crippen molar-refractivity contribution in [3.63, 3.8) is 0 Å². The standard InChI is InChI=1S/C23H21FO2.C2H6/c24-22-15-11-20(12-16-22)8-6-18-3-1-17(2-4-18)5-7-19-9-13-21(14-10-19)23(25)26;1-2/h1-4,9-16H,5-8H2,(H,25,26);1-2H3. The van der Waals surface area contributed by atoms with Crippen molar-refractivity contribution in [2.45, 2.75) is 39.5 Å². The number of carboxylic acids is 1. The van der Waals surface area contributed by atoms with E-state index in [9.17, 15) is 9.18 Å². The molecule has 0 atom stereocenters. The fourth-order valence-electron chi connectivity index (χ4n) is 2.92. The molecular weight excluding hydrogens is 351 g/mol. The van der Waals surface area contributed by atoms with E-state index in [1.165, 1.54) is 23.3 Å². The maximum absolute atomic E-state index is 12.9. The lowest BCUT2D eigenvalue weighted by atomic mass is 10.00. The van der Waals surface area contributed by atoms with Crippen LogP contribution in [0.15, 0.2) is 72.8 Å². The third-order valence-corrected chi connectivity index (χ3v) is 4.54. The number of carbonyl (C=O) groups is 1. The van der Waals surface area contributed by atoms with E-state index in [2.05, 4.69) is 24.3 Å². The number of hydrogen-bond acceptors (Lipinski definition) is 1. The van der Waals surface area contributed by atoms with Crippen LogP contribution in [0.4, 0.5) is 4.39 Å². The third kappa shape index (κ3) is 6.66. The Morgan fingerprint density at radius 3 is 1.25 bits per heavy atom. The number of benzene rings is 3. The van der Waals surface area contributed by atoms with Crippen LogP contribution in [0.3, 0.4) is 0 Å². The average Bonchev–Trinajstić information content (AvgIpc) is 2.74. The maximum atomic E-state index is 12.9. The van der Waals surface area contributed by atoms with E-state index in [1.807, 2.05) is 38.1 Å². The minimum Gasteiger partial charge on any atom is -0.478 e. The van der Waals surface area contributed by atoms with Crippen molar-refractivity contribution >= 4 is 5.97 Å². The van der Waals surface area contributed by atoms with Gasteiger partial charge in [0.25, 0.3) is 0 Å². The first-order valence-electron chi connectivity index (χ1n) is 9.75. The highest BCUT2D eigenvalue weighted by molar-refractivity contribution is 5.87. The smallest absolute Gasteiger partial charge is 0.335 e. The Balaban J connectivity index is 0.00000136. The van der Waals surface area contributed by atoms with Gasteiger partial charge in [-0.1, -0.05) is 62.4 Å². The van der Waals surface area contributed by atoms with E-state index in [0.717, 1.165) is 36.8 Å². The molecule has 3 aromatic carbocycles. The molecule has 0 saturated carbocycles. The molecule has 0 radical (unpaired) electrons. The zero-order valence-electron chi connectivity index (χ0n) is 16.5. The van der Waals surface area contributed by atoms with Crippen LogP contribution in [-0.2, 0) is 25.7 Å². The van der Waals surface area contributed by atoms with Crippen LogP contribution in [0.1, 0.15) is 46.5 Å². The minimum atomic E-state index is -0.896. The Morgan fingerprint density at radius 2 is 0.929 bits per heavy atom. The number of hydrogen-bond donors (Lipinski definition) is 1. The van der Waals surface area contributed by atoms with E-state index in [1.54, 1.807) is 12.1 Å². The highest BCUT2D eigenvalue weighted by atomic mass is 19.1. The first-order valence-corrected chi connectivity index (χ1v) is 9.75. The van der Waals surface area contributed by atoms with Gasteiger partial charge in [-0.2, -0.15) is 0 Å². The van der Waals surface area contributed by atoms with Gasteiger partial charge in [-0.15, -0.1) is 0 Å². The molecule has 0 bridgehead atoms. The molecule has 0 aromatic heterocycles. The molecule has 0 aliphatic carbocycles.